The van der Waals surface area contributed by atoms with Crippen LogP contribution in [0, 0.1) is 5.41 Å². The van der Waals surface area contributed by atoms with Crippen LogP contribution in [0.1, 0.15) is 52.0 Å². The van der Waals surface area contributed by atoms with Crippen LogP contribution >= 0.6 is 12.2 Å². The van der Waals surface area contributed by atoms with E-state index in [1.807, 2.05) is 36.5 Å². The lowest BCUT2D eigenvalue weighted by Gasteiger charge is -2.15. The number of rotatable bonds is 3. The quantitative estimate of drug-likeness (QED) is 0.455. The average Bonchev–Trinajstić information content (AvgIpc) is 2.94. The molecule has 0 aromatic heterocycles. The third-order valence-corrected chi connectivity index (χ3v) is 6.16. The number of amidine groups is 1. The molecule has 0 unspecified atom stereocenters. The molecule has 1 aromatic rings. The molecule has 0 amide bonds. The Bertz CT molecular complexity index is 1120. The van der Waals surface area contributed by atoms with Crippen molar-refractivity contribution >= 4 is 28.6 Å². The Morgan fingerprint density at radius 1 is 0.971 bits per heavy atom. The van der Waals surface area contributed by atoms with Gasteiger partial charge in [-0.15, -0.1) is 0 Å². The van der Waals surface area contributed by atoms with Gasteiger partial charge in [-0.2, -0.15) is 0 Å². The van der Waals surface area contributed by atoms with Crippen molar-refractivity contribution in [3.05, 3.63) is 114 Å². The standard InChI is InChI=1S/C30H35N3S/c1-23-18-20-30(2,3)21-19-27(23)33-29(34)26-17-13-9-12-16-25(22-32-28(26)31)24-14-10-7-5-4-6-8-11-15-24/h4-8,10-11,14-15,17-22H,9,12-13,16H2,1-3H3,(H2,31,32)(H,33,34)/b5-4?,6-4?,7-5?,8-6?,10-7?,11-8?,14-10?,15-11?,24-14?,24-15?,25-22+,26-17-. The molecule has 3 N–H and O–H groups in total. The lowest BCUT2D eigenvalue weighted by atomic mass is 9.93. The van der Waals surface area contributed by atoms with Crippen LogP contribution in [0.2, 0.25) is 0 Å². The average molecular weight is 470 g/mol. The van der Waals surface area contributed by atoms with Crippen LogP contribution < -0.4 is 11.1 Å². The third kappa shape index (κ3) is 7.67. The fraction of sp³-hybridized carbons (Fsp3) is 0.267. The smallest absolute Gasteiger partial charge is 0.133 e. The minimum Gasteiger partial charge on any atom is -0.383 e. The number of nitrogens with zero attached hydrogens (tertiary/aromatic N) is 1. The van der Waals surface area contributed by atoms with E-state index in [0.29, 0.717) is 10.8 Å². The zero-order chi connectivity index (χ0) is 24.4. The van der Waals surface area contributed by atoms with E-state index < -0.39 is 0 Å². The molecule has 0 radical (unpaired) electrons. The summed E-state index contributed by atoms with van der Waals surface area (Å²) >= 11 is 5.79. The maximum Gasteiger partial charge on any atom is 0.133 e. The first-order chi connectivity index (χ1) is 16.4. The summed E-state index contributed by atoms with van der Waals surface area (Å²) in [6, 6.07) is 18.5. The zero-order valence-electron chi connectivity index (χ0n) is 20.4. The number of aliphatic imine (C=N–C) groups is 1. The lowest BCUT2D eigenvalue weighted by Crippen LogP contribution is -2.30. The zero-order valence-corrected chi connectivity index (χ0v) is 21.2. The van der Waals surface area contributed by atoms with E-state index in [4.69, 9.17) is 18.0 Å². The van der Waals surface area contributed by atoms with Crippen LogP contribution in [-0.4, -0.2) is 10.8 Å². The first-order valence-electron chi connectivity index (χ1n) is 11.9. The molecule has 0 saturated carbocycles. The molecule has 4 heteroatoms. The van der Waals surface area contributed by atoms with Gasteiger partial charge in [0.1, 0.15) is 10.8 Å². The molecule has 3 rings (SSSR count). The molecule has 0 atom stereocenters. The van der Waals surface area contributed by atoms with E-state index in [-0.39, 0.29) is 5.41 Å². The van der Waals surface area contributed by atoms with Gasteiger partial charge in [0.2, 0.25) is 0 Å². The van der Waals surface area contributed by atoms with Gasteiger partial charge in [-0.3, -0.25) is 0 Å². The number of allylic oxidation sites excluding steroid dienone is 7. The minimum absolute atomic E-state index is 0.00319. The highest BCUT2D eigenvalue weighted by molar-refractivity contribution is 7.80. The van der Waals surface area contributed by atoms with Crippen LogP contribution in [0.5, 0.6) is 0 Å². The minimum atomic E-state index is 0.00319. The molecule has 1 aliphatic carbocycles. The second-order valence-electron chi connectivity index (χ2n) is 9.21. The van der Waals surface area contributed by atoms with Crippen LogP contribution in [0.15, 0.2) is 113 Å². The Balaban J connectivity index is 1.90. The van der Waals surface area contributed by atoms with Gasteiger partial charge in [0.05, 0.1) is 0 Å². The molecule has 34 heavy (non-hydrogen) atoms. The van der Waals surface area contributed by atoms with Gasteiger partial charge in [0, 0.05) is 22.9 Å². The second kappa shape index (κ2) is 12.3. The van der Waals surface area contributed by atoms with E-state index in [2.05, 4.69) is 85.7 Å². The summed E-state index contributed by atoms with van der Waals surface area (Å²) in [4.78, 5) is 5.25. The summed E-state index contributed by atoms with van der Waals surface area (Å²) in [6.07, 6.45) is 16.6. The van der Waals surface area contributed by atoms with Gasteiger partial charge < -0.3 is 11.1 Å². The first kappa shape index (κ1) is 25.4. The molecular weight excluding hydrogens is 434 g/mol. The summed E-state index contributed by atoms with van der Waals surface area (Å²) in [5.41, 5.74) is 11.7. The fourth-order valence-electron chi connectivity index (χ4n) is 3.67. The van der Waals surface area contributed by atoms with Crippen LogP contribution in [0.4, 0.5) is 0 Å². The Morgan fingerprint density at radius 2 is 1.62 bits per heavy atom. The molecule has 1 heterocycles. The predicted molar refractivity (Wildman–Crippen MR) is 151 cm³/mol. The molecular formula is C30H35N3S. The monoisotopic (exact) mass is 469 g/mol. The van der Waals surface area contributed by atoms with Gasteiger partial charge in [-0.05, 0) is 55.4 Å². The molecule has 1 aromatic carbocycles. The molecule has 0 bridgehead atoms. The third-order valence-electron chi connectivity index (χ3n) is 5.83. The van der Waals surface area contributed by atoms with Crippen molar-refractivity contribution in [2.45, 2.75) is 46.5 Å². The molecule has 2 aliphatic rings. The van der Waals surface area contributed by atoms with E-state index >= 15 is 0 Å². The highest BCUT2D eigenvalue weighted by atomic mass is 32.1. The Kier molecular flexibility index (Phi) is 9.17. The van der Waals surface area contributed by atoms with Crippen molar-refractivity contribution in [3.8, 4) is 0 Å². The molecule has 0 spiro atoms. The van der Waals surface area contributed by atoms with Crippen molar-refractivity contribution in [2.24, 2.45) is 16.1 Å². The second-order valence-corrected chi connectivity index (χ2v) is 9.62. The molecule has 3 nitrogen and oxygen atoms in total. The maximum atomic E-state index is 6.47. The first-order valence-corrected chi connectivity index (χ1v) is 12.3. The normalized spacial score (nSPS) is 22.6. The van der Waals surface area contributed by atoms with Gasteiger partial charge in [0.25, 0.3) is 0 Å². The van der Waals surface area contributed by atoms with Crippen molar-refractivity contribution in [1.29, 1.82) is 0 Å². The maximum absolute atomic E-state index is 6.47. The Hall–Kier alpha value is -3.24. The lowest BCUT2D eigenvalue weighted by molar-refractivity contribution is 0.626. The topological polar surface area (TPSA) is 50.4 Å². The number of hydrogen-bond acceptors (Lipinski definition) is 3. The van der Waals surface area contributed by atoms with Crippen molar-refractivity contribution < 1.29 is 0 Å². The summed E-state index contributed by atoms with van der Waals surface area (Å²) in [5.74, 6) is 0.437. The van der Waals surface area contributed by atoms with Gasteiger partial charge in [-0.1, -0.05) is 105 Å². The largest absolute Gasteiger partial charge is 0.383 e. The number of thiocarbonyl (C=S) groups is 1. The highest BCUT2D eigenvalue weighted by Gasteiger charge is 2.16. The number of nitrogens with two attached hydrogens (primary N) is 1. The predicted octanol–water partition coefficient (Wildman–Crippen LogP) is 7.35. The van der Waals surface area contributed by atoms with E-state index in [0.717, 1.165) is 48.1 Å². The fourth-order valence-corrected chi connectivity index (χ4v) is 3.97. The van der Waals surface area contributed by atoms with E-state index in [1.165, 1.54) is 5.57 Å². The van der Waals surface area contributed by atoms with Crippen LogP contribution in [0.25, 0.3) is 5.57 Å². The molecule has 0 fully saturated rings. The van der Waals surface area contributed by atoms with E-state index in [1.54, 1.807) is 0 Å². The summed E-state index contributed by atoms with van der Waals surface area (Å²) in [5, 5.41) is 3.41. The van der Waals surface area contributed by atoms with Crippen molar-refractivity contribution in [3.63, 3.8) is 0 Å². The van der Waals surface area contributed by atoms with Crippen LogP contribution in [0.3, 0.4) is 0 Å². The van der Waals surface area contributed by atoms with Gasteiger partial charge >= 0.3 is 0 Å². The van der Waals surface area contributed by atoms with Gasteiger partial charge in [-0.25, -0.2) is 4.99 Å². The van der Waals surface area contributed by atoms with Crippen molar-refractivity contribution in [1.82, 2.24) is 5.32 Å². The number of nitrogens with one attached hydrogen (secondary N) is 1. The Morgan fingerprint density at radius 3 is 2.32 bits per heavy atom. The summed E-state index contributed by atoms with van der Waals surface area (Å²) in [6.45, 7) is 6.44. The van der Waals surface area contributed by atoms with Crippen molar-refractivity contribution in [2.75, 3.05) is 0 Å². The summed E-state index contributed by atoms with van der Waals surface area (Å²) in [7, 11) is 0. The molecule has 0 saturated heterocycles. The van der Waals surface area contributed by atoms with Gasteiger partial charge in [0.15, 0.2) is 0 Å². The molecule has 176 valence electrons. The molecule has 1 aliphatic heterocycles. The Labute approximate surface area is 209 Å². The SMILES string of the molecule is CC1=C(NC(=S)C2=C/CCCC\C(c3ccccccccc3)=C/N=C/2N)C=CC(C)(C)C=C1. The summed E-state index contributed by atoms with van der Waals surface area (Å²) < 4.78 is 0. The number of hydrogen-bond donors (Lipinski definition) is 2. The van der Waals surface area contributed by atoms with E-state index in [9.17, 15) is 0 Å². The van der Waals surface area contributed by atoms with Crippen LogP contribution in [-0.2, 0) is 0 Å². The highest BCUT2D eigenvalue weighted by Crippen LogP contribution is 2.25.